The summed E-state index contributed by atoms with van der Waals surface area (Å²) in [7, 11) is 0. The van der Waals surface area contributed by atoms with Crippen molar-refractivity contribution in [3.8, 4) is 0 Å². The van der Waals surface area contributed by atoms with Crippen LogP contribution in [-0.2, 0) is 0 Å². The number of likely N-dealkylation sites (tertiary alicyclic amines) is 1. The van der Waals surface area contributed by atoms with Crippen molar-refractivity contribution in [2.75, 3.05) is 19.6 Å². The van der Waals surface area contributed by atoms with E-state index in [0.717, 1.165) is 13.0 Å². The van der Waals surface area contributed by atoms with E-state index in [0.29, 0.717) is 0 Å². The van der Waals surface area contributed by atoms with Gasteiger partial charge in [0.1, 0.15) is 0 Å². The fourth-order valence-electron chi connectivity index (χ4n) is 2.72. The van der Waals surface area contributed by atoms with Crippen LogP contribution in [0.25, 0.3) is 0 Å². The minimum atomic E-state index is 0.189. The molecule has 0 spiro atoms. The van der Waals surface area contributed by atoms with E-state index in [2.05, 4.69) is 36.9 Å². The zero-order valence-corrected chi connectivity index (χ0v) is 11.1. The monoisotopic (exact) mass is 232 g/mol. The molecule has 1 atom stereocenters. The van der Waals surface area contributed by atoms with Crippen LogP contribution in [0.3, 0.4) is 0 Å². The summed E-state index contributed by atoms with van der Waals surface area (Å²) in [5, 5.41) is 0. The molecule has 0 amide bonds. The van der Waals surface area contributed by atoms with Gasteiger partial charge in [-0.15, -0.1) is 0 Å². The Kier molecular flexibility index (Phi) is 4.19. The highest BCUT2D eigenvalue weighted by atomic mass is 15.1. The minimum absolute atomic E-state index is 0.189. The predicted molar refractivity (Wildman–Crippen MR) is 73.1 cm³/mol. The molecular weight excluding hydrogens is 208 g/mol. The standard InChI is InChI=1S/C15H24N2/c1-12-9-13(2)11-14(10-12)15(16)5-8-17-6-3-4-7-17/h9-11,15H,3-8,16H2,1-2H3. The topological polar surface area (TPSA) is 29.3 Å². The summed E-state index contributed by atoms with van der Waals surface area (Å²) in [6.45, 7) is 7.96. The van der Waals surface area contributed by atoms with Crippen molar-refractivity contribution < 1.29 is 0 Å². The number of hydrogen-bond donors (Lipinski definition) is 1. The molecule has 2 rings (SSSR count). The molecule has 0 aliphatic carbocycles. The van der Waals surface area contributed by atoms with Gasteiger partial charge >= 0.3 is 0 Å². The van der Waals surface area contributed by atoms with Gasteiger partial charge in [-0.25, -0.2) is 0 Å². The predicted octanol–water partition coefficient (Wildman–Crippen LogP) is 2.79. The van der Waals surface area contributed by atoms with Crippen molar-refractivity contribution >= 4 is 0 Å². The number of hydrogen-bond acceptors (Lipinski definition) is 2. The van der Waals surface area contributed by atoms with Crippen LogP contribution >= 0.6 is 0 Å². The van der Waals surface area contributed by atoms with Crippen molar-refractivity contribution in [3.05, 3.63) is 34.9 Å². The van der Waals surface area contributed by atoms with Gasteiger partial charge in [-0.1, -0.05) is 29.3 Å². The molecule has 2 heteroatoms. The summed E-state index contributed by atoms with van der Waals surface area (Å²) >= 11 is 0. The van der Waals surface area contributed by atoms with Gasteiger partial charge in [0.25, 0.3) is 0 Å². The largest absolute Gasteiger partial charge is 0.324 e. The molecule has 1 aliphatic heterocycles. The number of rotatable bonds is 4. The molecule has 0 aromatic heterocycles. The zero-order valence-electron chi connectivity index (χ0n) is 11.1. The second kappa shape index (κ2) is 5.65. The summed E-state index contributed by atoms with van der Waals surface area (Å²) in [5.74, 6) is 0. The number of nitrogens with zero attached hydrogens (tertiary/aromatic N) is 1. The van der Waals surface area contributed by atoms with Crippen LogP contribution in [0.5, 0.6) is 0 Å². The van der Waals surface area contributed by atoms with E-state index >= 15 is 0 Å². The molecule has 94 valence electrons. The van der Waals surface area contributed by atoms with E-state index < -0.39 is 0 Å². The quantitative estimate of drug-likeness (QED) is 0.865. The minimum Gasteiger partial charge on any atom is -0.324 e. The molecular formula is C15H24N2. The maximum Gasteiger partial charge on any atom is 0.0307 e. The van der Waals surface area contributed by atoms with E-state index in [-0.39, 0.29) is 6.04 Å². The molecule has 1 unspecified atom stereocenters. The van der Waals surface area contributed by atoms with Gasteiger partial charge in [-0.2, -0.15) is 0 Å². The van der Waals surface area contributed by atoms with Crippen LogP contribution in [-0.4, -0.2) is 24.5 Å². The van der Waals surface area contributed by atoms with Crippen molar-refractivity contribution in [1.82, 2.24) is 4.90 Å². The van der Waals surface area contributed by atoms with E-state index in [1.54, 1.807) is 0 Å². The van der Waals surface area contributed by atoms with Crippen LogP contribution in [0.2, 0.25) is 0 Å². The first-order valence-corrected chi connectivity index (χ1v) is 6.71. The lowest BCUT2D eigenvalue weighted by molar-refractivity contribution is 0.322. The Morgan fingerprint density at radius 2 is 1.71 bits per heavy atom. The van der Waals surface area contributed by atoms with Crippen LogP contribution < -0.4 is 5.73 Å². The van der Waals surface area contributed by atoms with Crippen molar-refractivity contribution in [2.24, 2.45) is 5.73 Å². The lowest BCUT2D eigenvalue weighted by atomic mass is 10.00. The SMILES string of the molecule is Cc1cc(C)cc(C(N)CCN2CCCC2)c1. The van der Waals surface area contributed by atoms with Gasteiger partial charge in [0.05, 0.1) is 0 Å². The summed E-state index contributed by atoms with van der Waals surface area (Å²) < 4.78 is 0. The molecule has 17 heavy (non-hydrogen) atoms. The third-order valence-electron chi connectivity index (χ3n) is 3.63. The number of benzene rings is 1. The lowest BCUT2D eigenvalue weighted by Crippen LogP contribution is -2.24. The first-order valence-electron chi connectivity index (χ1n) is 6.71. The van der Waals surface area contributed by atoms with Crippen molar-refractivity contribution in [2.45, 2.75) is 39.2 Å². The summed E-state index contributed by atoms with van der Waals surface area (Å²) in [6.07, 6.45) is 3.79. The van der Waals surface area contributed by atoms with Crippen LogP contribution in [0.15, 0.2) is 18.2 Å². The third-order valence-corrected chi connectivity index (χ3v) is 3.63. The highest BCUT2D eigenvalue weighted by molar-refractivity contribution is 5.30. The number of nitrogens with two attached hydrogens (primary N) is 1. The average Bonchev–Trinajstić information content (AvgIpc) is 2.77. The van der Waals surface area contributed by atoms with E-state index in [9.17, 15) is 0 Å². The first kappa shape index (κ1) is 12.6. The first-order chi connectivity index (χ1) is 8.15. The molecule has 1 aromatic carbocycles. The van der Waals surface area contributed by atoms with Crippen LogP contribution in [0, 0.1) is 13.8 Å². The highest BCUT2D eigenvalue weighted by Crippen LogP contribution is 2.19. The molecule has 1 saturated heterocycles. The Hall–Kier alpha value is -0.860. The Morgan fingerprint density at radius 3 is 2.29 bits per heavy atom. The Labute approximate surface area is 105 Å². The van der Waals surface area contributed by atoms with Gasteiger partial charge in [-0.05, 0) is 58.3 Å². The van der Waals surface area contributed by atoms with E-state index in [1.807, 2.05) is 0 Å². The molecule has 1 heterocycles. The molecule has 1 aromatic rings. The third kappa shape index (κ3) is 3.55. The van der Waals surface area contributed by atoms with Gasteiger partial charge < -0.3 is 10.6 Å². The number of aryl methyl sites for hydroxylation is 2. The van der Waals surface area contributed by atoms with Crippen molar-refractivity contribution in [1.29, 1.82) is 0 Å². The van der Waals surface area contributed by atoms with Gasteiger partial charge in [0.2, 0.25) is 0 Å². The fraction of sp³-hybridized carbons (Fsp3) is 0.600. The second-order valence-electron chi connectivity index (χ2n) is 5.36. The summed E-state index contributed by atoms with van der Waals surface area (Å²) in [4.78, 5) is 2.53. The molecule has 1 fully saturated rings. The Bertz CT molecular complexity index is 347. The van der Waals surface area contributed by atoms with Crippen LogP contribution in [0.4, 0.5) is 0 Å². The molecule has 0 bridgehead atoms. The smallest absolute Gasteiger partial charge is 0.0307 e. The maximum atomic E-state index is 6.28. The zero-order chi connectivity index (χ0) is 12.3. The normalized spacial score (nSPS) is 18.5. The van der Waals surface area contributed by atoms with Gasteiger partial charge in [-0.3, -0.25) is 0 Å². The summed E-state index contributed by atoms with van der Waals surface area (Å²) in [5.41, 5.74) is 10.2. The molecule has 2 N–H and O–H groups in total. The Morgan fingerprint density at radius 1 is 1.12 bits per heavy atom. The maximum absolute atomic E-state index is 6.28. The van der Waals surface area contributed by atoms with Gasteiger partial charge in [0, 0.05) is 6.04 Å². The molecule has 1 aliphatic rings. The van der Waals surface area contributed by atoms with Crippen molar-refractivity contribution in [3.63, 3.8) is 0 Å². The molecule has 0 saturated carbocycles. The fourth-order valence-corrected chi connectivity index (χ4v) is 2.72. The second-order valence-corrected chi connectivity index (χ2v) is 5.36. The van der Waals surface area contributed by atoms with E-state index in [4.69, 9.17) is 5.73 Å². The van der Waals surface area contributed by atoms with Crippen LogP contribution in [0.1, 0.15) is 42.0 Å². The van der Waals surface area contributed by atoms with E-state index in [1.165, 1.54) is 42.6 Å². The Balaban J connectivity index is 1.91. The molecule has 2 nitrogen and oxygen atoms in total. The summed E-state index contributed by atoms with van der Waals surface area (Å²) in [6, 6.07) is 6.84. The van der Waals surface area contributed by atoms with Gasteiger partial charge in [0.15, 0.2) is 0 Å². The average molecular weight is 232 g/mol. The lowest BCUT2D eigenvalue weighted by Gasteiger charge is -2.19. The molecule has 0 radical (unpaired) electrons. The highest BCUT2D eigenvalue weighted by Gasteiger charge is 2.13.